The second-order valence-corrected chi connectivity index (χ2v) is 3.87. The highest BCUT2D eigenvalue weighted by Crippen LogP contribution is 2.13. The van der Waals surface area contributed by atoms with Crippen molar-refractivity contribution in [1.82, 2.24) is 10.3 Å². The van der Waals surface area contributed by atoms with Crippen LogP contribution in [0.4, 0.5) is 0 Å². The first-order valence-electron chi connectivity index (χ1n) is 6.08. The molecule has 1 heterocycles. The molecule has 0 spiro atoms. The molecular weight excluding hydrogens is 232 g/mol. The fourth-order valence-corrected chi connectivity index (χ4v) is 1.47. The Balaban J connectivity index is 2.49. The highest BCUT2D eigenvalue weighted by molar-refractivity contribution is 5.90. The number of hydrogen-bond acceptors (Lipinski definition) is 5. The summed E-state index contributed by atoms with van der Waals surface area (Å²) in [4.78, 5) is 15.6. The van der Waals surface area contributed by atoms with Gasteiger partial charge in [-0.1, -0.05) is 6.92 Å². The number of esters is 1. The van der Waals surface area contributed by atoms with Gasteiger partial charge in [-0.3, -0.25) is 0 Å². The molecule has 100 valence electrons. The summed E-state index contributed by atoms with van der Waals surface area (Å²) in [6, 6.07) is 3.35. The highest BCUT2D eigenvalue weighted by atomic mass is 16.5. The lowest BCUT2D eigenvalue weighted by Crippen LogP contribution is -2.21. The van der Waals surface area contributed by atoms with Crippen LogP contribution in [-0.2, 0) is 4.74 Å². The van der Waals surface area contributed by atoms with Crippen molar-refractivity contribution in [1.29, 1.82) is 0 Å². The lowest BCUT2D eigenvalue weighted by molar-refractivity contribution is 0.0599. The van der Waals surface area contributed by atoms with Crippen LogP contribution in [0.25, 0.3) is 0 Å². The first-order chi connectivity index (χ1) is 8.69. The molecule has 0 amide bonds. The summed E-state index contributed by atoms with van der Waals surface area (Å²) in [5.41, 5.74) is 1.08. The first-order valence-corrected chi connectivity index (χ1v) is 6.08. The van der Waals surface area contributed by atoms with E-state index in [1.807, 2.05) is 0 Å². The van der Waals surface area contributed by atoms with E-state index < -0.39 is 0 Å². The third-order valence-corrected chi connectivity index (χ3v) is 2.42. The van der Waals surface area contributed by atoms with E-state index >= 15 is 0 Å². The van der Waals surface area contributed by atoms with Crippen molar-refractivity contribution in [3.05, 3.63) is 23.4 Å². The van der Waals surface area contributed by atoms with E-state index in [2.05, 4.69) is 22.0 Å². The fourth-order valence-electron chi connectivity index (χ4n) is 1.47. The van der Waals surface area contributed by atoms with Crippen LogP contribution in [0.5, 0.6) is 5.88 Å². The zero-order valence-corrected chi connectivity index (χ0v) is 11.2. The number of rotatable bonds is 7. The Morgan fingerprint density at radius 3 is 2.78 bits per heavy atom. The number of hydrogen-bond donors (Lipinski definition) is 1. The van der Waals surface area contributed by atoms with Crippen molar-refractivity contribution in [2.45, 2.75) is 20.3 Å². The summed E-state index contributed by atoms with van der Waals surface area (Å²) in [5.74, 6) is 0.148. The number of carbonyl (C=O) groups is 1. The Hall–Kier alpha value is -1.62. The summed E-state index contributed by atoms with van der Waals surface area (Å²) in [6.07, 6.45) is 1.10. The lowest BCUT2D eigenvalue weighted by Gasteiger charge is -2.08. The quantitative estimate of drug-likeness (QED) is 0.589. The van der Waals surface area contributed by atoms with Gasteiger partial charge in [-0.05, 0) is 26.0 Å². The second-order valence-electron chi connectivity index (χ2n) is 3.87. The molecular formula is C13H20N2O3. The van der Waals surface area contributed by atoms with Crippen LogP contribution >= 0.6 is 0 Å². The van der Waals surface area contributed by atoms with E-state index in [-0.39, 0.29) is 5.97 Å². The molecule has 0 saturated carbocycles. The maximum atomic E-state index is 11.4. The topological polar surface area (TPSA) is 60.5 Å². The molecule has 0 saturated heterocycles. The lowest BCUT2D eigenvalue weighted by atomic mass is 10.2. The first kappa shape index (κ1) is 14.4. The molecule has 0 aromatic carbocycles. The maximum absolute atomic E-state index is 11.4. The van der Waals surface area contributed by atoms with Crippen molar-refractivity contribution >= 4 is 5.97 Å². The molecule has 0 fully saturated rings. The summed E-state index contributed by atoms with van der Waals surface area (Å²) in [6.45, 7) is 6.20. The molecule has 0 atom stereocenters. The maximum Gasteiger partial charge on any atom is 0.339 e. The molecule has 0 aliphatic carbocycles. The number of carbonyl (C=O) groups excluding carboxylic acids is 1. The van der Waals surface area contributed by atoms with Crippen LogP contribution in [-0.4, -0.2) is 37.8 Å². The Morgan fingerprint density at radius 1 is 1.39 bits per heavy atom. The molecule has 0 radical (unpaired) electrons. The molecule has 0 aliphatic heterocycles. The van der Waals surface area contributed by atoms with Crippen LogP contribution in [0, 0.1) is 6.92 Å². The zero-order chi connectivity index (χ0) is 13.4. The highest BCUT2D eigenvalue weighted by Gasteiger charge is 2.10. The Labute approximate surface area is 108 Å². The molecule has 5 nitrogen and oxygen atoms in total. The number of nitrogens with one attached hydrogen (secondary N) is 1. The number of aromatic nitrogens is 1. The molecule has 1 aromatic heterocycles. The second kappa shape index (κ2) is 7.66. The third kappa shape index (κ3) is 4.33. The number of aryl methyl sites for hydroxylation is 1. The van der Waals surface area contributed by atoms with Gasteiger partial charge in [0.15, 0.2) is 0 Å². The smallest absolute Gasteiger partial charge is 0.339 e. The minimum absolute atomic E-state index is 0.379. The molecule has 1 aromatic rings. The average molecular weight is 252 g/mol. The van der Waals surface area contributed by atoms with Gasteiger partial charge in [0.2, 0.25) is 5.88 Å². The SMILES string of the molecule is CCCNCCOc1ccc(C(=O)OC)c(C)n1. The average Bonchev–Trinajstić information content (AvgIpc) is 2.38. The van der Waals surface area contributed by atoms with Gasteiger partial charge in [0.25, 0.3) is 0 Å². The monoisotopic (exact) mass is 252 g/mol. The standard InChI is InChI=1S/C13H20N2O3/c1-4-7-14-8-9-18-12-6-5-11(10(2)15-12)13(16)17-3/h5-6,14H,4,7-9H2,1-3H3. The summed E-state index contributed by atoms with van der Waals surface area (Å²) < 4.78 is 10.1. The molecule has 0 unspecified atom stereocenters. The van der Waals surface area contributed by atoms with E-state index in [1.54, 1.807) is 19.1 Å². The minimum Gasteiger partial charge on any atom is -0.476 e. The number of methoxy groups -OCH3 is 1. The molecule has 1 rings (SSSR count). The van der Waals surface area contributed by atoms with Gasteiger partial charge in [-0.2, -0.15) is 0 Å². The van der Waals surface area contributed by atoms with Crippen molar-refractivity contribution in [3.63, 3.8) is 0 Å². The summed E-state index contributed by atoms with van der Waals surface area (Å²) >= 11 is 0. The minimum atomic E-state index is -0.379. The predicted molar refractivity (Wildman–Crippen MR) is 69.0 cm³/mol. The van der Waals surface area contributed by atoms with Crippen LogP contribution in [0.2, 0.25) is 0 Å². The molecule has 0 aliphatic rings. The van der Waals surface area contributed by atoms with E-state index in [0.29, 0.717) is 23.7 Å². The van der Waals surface area contributed by atoms with Crippen molar-refractivity contribution in [3.8, 4) is 5.88 Å². The molecule has 5 heteroatoms. The summed E-state index contributed by atoms with van der Waals surface area (Å²) in [7, 11) is 1.35. The van der Waals surface area contributed by atoms with E-state index in [4.69, 9.17) is 4.74 Å². The van der Waals surface area contributed by atoms with E-state index in [9.17, 15) is 4.79 Å². The molecule has 18 heavy (non-hydrogen) atoms. The Morgan fingerprint density at radius 2 is 2.17 bits per heavy atom. The Bertz CT molecular complexity index is 394. The van der Waals surface area contributed by atoms with Gasteiger partial charge in [-0.15, -0.1) is 0 Å². The zero-order valence-electron chi connectivity index (χ0n) is 11.2. The summed E-state index contributed by atoms with van der Waals surface area (Å²) in [5, 5.41) is 3.23. The van der Waals surface area contributed by atoms with Gasteiger partial charge >= 0.3 is 5.97 Å². The van der Waals surface area contributed by atoms with Gasteiger partial charge < -0.3 is 14.8 Å². The van der Waals surface area contributed by atoms with Gasteiger partial charge in [0.1, 0.15) is 6.61 Å². The molecule has 1 N–H and O–H groups in total. The van der Waals surface area contributed by atoms with Crippen molar-refractivity contribution < 1.29 is 14.3 Å². The van der Waals surface area contributed by atoms with Crippen LogP contribution < -0.4 is 10.1 Å². The third-order valence-electron chi connectivity index (χ3n) is 2.42. The largest absolute Gasteiger partial charge is 0.476 e. The van der Waals surface area contributed by atoms with E-state index in [1.165, 1.54) is 7.11 Å². The van der Waals surface area contributed by atoms with Crippen LogP contribution in [0.15, 0.2) is 12.1 Å². The number of nitrogens with zero attached hydrogens (tertiary/aromatic N) is 1. The van der Waals surface area contributed by atoms with Gasteiger partial charge in [0, 0.05) is 12.6 Å². The number of ether oxygens (including phenoxy) is 2. The van der Waals surface area contributed by atoms with Crippen molar-refractivity contribution in [2.24, 2.45) is 0 Å². The van der Waals surface area contributed by atoms with Crippen molar-refractivity contribution in [2.75, 3.05) is 26.8 Å². The number of pyridine rings is 1. The molecule has 0 bridgehead atoms. The van der Waals surface area contributed by atoms with Gasteiger partial charge in [-0.25, -0.2) is 9.78 Å². The van der Waals surface area contributed by atoms with Crippen LogP contribution in [0.1, 0.15) is 29.4 Å². The Kier molecular flexibility index (Phi) is 6.14. The van der Waals surface area contributed by atoms with Crippen LogP contribution in [0.3, 0.4) is 0 Å². The van der Waals surface area contributed by atoms with E-state index in [0.717, 1.165) is 19.5 Å². The predicted octanol–water partition coefficient (Wildman–Crippen LogP) is 1.56. The van der Waals surface area contributed by atoms with Gasteiger partial charge in [0.05, 0.1) is 18.4 Å². The normalized spacial score (nSPS) is 10.2. The fraction of sp³-hybridized carbons (Fsp3) is 0.538.